The standard InChI is InChI=1S/C6H6.C4H8O2.C3H6O.C2H6O.CH2Cl2/c1-2-4-6-5-3-1;1-3-6-4(2)5;1-3(2)4;1-2-3;2-1-3/h1-6H;3H2,1-2H3;1-2H3;3H,2H2,1H3;1H2. The molecule has 0 atom stereocenters. The molecule has 22 heavy (non-hydrogen) atoms. The first-order valence-corrected chi connectivity index (χ1v) is 7.74. The third-order valence-corrected chi connectivity index (χ3v) is 1.01. The van der Waals surface area contributed by atoms with Gasteiger partial charge in [-0.25, -0.2) is 0 Å². The summed E-state index contributed by atoms with van der Waals surface area (Å²) >= 11 is 9.53. The van der Waals surface area contributed by atoms with Crippen molar-refractivity contribution in [1.29, 1.82) is 0 Å². The van der Waals surface area contributed by atoms with Crippen LogP contribution in [0.4, 0.5) is 0 Å². The van der Waals surface area contributed by atoms with E-state index in [1.54, 1.807) is 13.8 Å². The summed E-state index contributed by atoms with van der Waals surface area (Å²) in [6.07, 6.45) is 0. The van der Waals surface area contributed by atoms with Crippen LogP contribution >= 0.6 is 23.2 Å². The first-order valence-electron chi connectivity index (χ1n) is 6.67. The minimum absolute atomic E-state index is 0.167. The Morgan fingerprint density at radius 3 is 1.14 bits per heavy atom. The summed E-state index contributed by atoms with van der Waals surface area (Å²) in [5.41, 5.74) is 0. The molecule has 0 saturated carbocycles. The lowest BCUT2D eigenvalue weighted by molar-refractivity contribution is -0.140. The number of aliphatic hydroxyl groups excluding tert-OH is 1. The van der Waals surface area contributed by atoms with Crippen molar-refractivity contribution < 1.29 is 19.4 Å². The van der Waals surface area contributed by atoms with Gasteiger partial charge >= 0.3 is 5.97 Å². The van der Waals surface area contributed by atoms with Gasteiger partial charge < -0.3 is 14.6 Å². The fraction of sp³-hybridized carbons (Fsp3) is 0.500. The summed E-state index contributed by atoms with van der Waals surface area (Å²) in [4.78, 5) is 19.3. The highest BCUT2D eigenvalue weighted by Gasteiger charge is 1.81. The van der Waals surface area contributed by atoms with Gasteiger partial charge in [-0.3, -0.25) is 4.79 Å². The lowest BCUT2D eigenvalue weighted by atomic mass is 10.4. The zero-order chi connectivity index (χ0) is 18.2. The molecular weight excluding hydrogens is 327 g/mol. The van der Waals surface area contributed by atoms with E-state index in [1.165, 1.54) is 20.8 Å². The van der Waals surface area contributed by atoms with Gasteiger partial charge in [0.25, 0.3) is 0 Å². The lowest BCUT2D eigenvalue weighted by Gasteiger charge is -1.89. The Bertz CT molecular complexity index is 274. The molecule has 1 aromatic carbocycles. The smallest absolute Gasteiger partial charge is 0.302 e. The maximum atomic E-state index is 9.82. The Kier molecular flexibility index (Phi) is 42.2. The molecule has 130 valence electrons. The number of hydrogen-bond donors (Lipinski definition) is 1. The predicted octanol–water partition coefficient (Wildman–Crippen LogP) is 4.27. The predicted molar refractivity (Wildman–Crippen MR) is 94.4 cm³/mol. The third-order valence-electron chi connectivity index (χ3n) is 1.01. The summed E-state index contributed by atoms with van der Waals surface area (Å²) in [6, 6.07) is 12.0. The van der Waals surface area contributed by atoms with Crippen LogP contribution in [0.25, 0.3) is 0 Å². The molecule has 0 aliphatic carbocycles. The molecule has 0 fully saturated rings. The molecular formula is C16H28Cl2O4. The van der Waals surface area contributed by atoms with Crippen molar-refractivity contribution in [3.05, 3.63) is 36.4 Å². The number of carbonyl (C=O) groups excluding carboxylic acids is 2. The van der Waals surface area contributed by atoms with Gasteiger partial charge in [0.15, 0.2) is 0 Å². The second-order valence-electron chi connectivity index (χ2n) is 3.40. The highest BCUT2D eigenvalue weighted by molar-refractivity contribution is 6.40. The number of ketones is 1. The minimum Gasteiger partial charge on any atom is -0.466 e. The average Bonchev–Trinajstić information content (AvgIpc) is 2.42. The van der Waals surface area contributed by atoms with Crippen LogP contribution < -0.4 is 0 Å². The summed E-state index contributed by atoms with van der Waals surface area (Å²) < 4.78 is 4.40. The first kappa shape index (κ1) is 29.0. The van der Waals surface area contributed by atoms with E-state index in [-0.39, 0.29) is 23.7 Å². The Labute approximate surface area is 144 Å². The van der Waals surface area contributed by atoms with Crippen molar-refractivity contribution in [2.75, 3.05) is 18.6 Å². The highest BCUT2D eigenvalue weighted by atomic mass is 35.5. The number of hydrogen-bond acceptors (Lipinski definition) is 4. The summed E-state index contributed by atoms with van der Waals surface area (Å²) in [6.45, 7) is 8.64. The number of rotatable bonds is 1. The van der Waals surface area contributed by atoms with Crippen LogP contribution in [0.1, 0.15) is 34.6 Å². The molecule has 0 radical (unpaired) electrons. The van der Waals surface area contributed by atoms with Gasteiger partial charge in [0, 0.05) is 13.5 Å². The van der Waals surface area contributed by atoms with Crippen molar-refractivity contribution >= 4 is 35.0 Å². The maximum absolute atomic E-state index is 9.82. The van der Waals surface area contributed by atoms with Crippen LogP contribution in [-0.2, 0) is 14.3 Å². The number of Topliss-reactive ketones (excluding diaryl/α,β-unsaturated/α-hetero) is 1. The monoisotopic (exact) mass is 354 g/mol. The van der Waals surface area contributed by atoms with E-state index in [1.807, 2.05) is 36.4 Å². The Balaban J connectivity index is -0.0000000958. The molecule has 4 nitrogen and oxygen atoms in total. The topological polar surface area (TPSA) is 63.6 Å². The van der Waals surface area contributed by atoms with Crippen LogP contribution in [0.2, 0.25) is 0 Å². The molecule has 0 aromatic heterocycles. The molecule has 0 aliphatic rings. The number of esters is 1. The zero-order valence-corrected chi connectivity index (χ0v) is 15.5. The normalized spacial score (nSPS) is 7.09. The highest BCUT2D eigenvalue weighted by Crippen LogP contribution is 1.79. The summed E-state index contributed by atoms with van der Waals surface area (Å²) in [5, 5.41) is 7.76. The van der Waals surface area contributed by atoms with Crippen molar-refractivity contribution in [2.24, 2.45) is 0 Å². The van der Waals surface area contributed by atoms with E-state index < -0.39 is 0 Å². The van der Waals surface area contributed by atoms with Gasteiger partial charge in [0.1, 0.15) is 5.78 Å². The number of carbonyl (C=O) groups is 2. The van der Waals surface area contributed by atoms with Crippen molar-refractivity contribution in [3.8, 4) is 0 Å². The van der Waals surface area contributed by atoms with E-state index in [9.17, 15) is 9.59 Å². The Morgan fingerprint density at radius 1 is 0.909 bits per heavy atom. The summed E-state index contributed by atoms with van der Waals surface area (Å²) in [5.74, 6) is -0.0440. The molecule has 1 N–H and O–H groups in total. The largest absolute Gasteiger partial charge is 0.466 e. The molecule has 0 bridgehead atoms. The quantitative estimate of drug-likeness (QED) is 0.604. The fourth-order valence-corrected chi connectivity index (χ4v) is 0.588. The van der Waals surface area contributed by atoms with E-state index in [2.05, 4.69) is 4.74 Å². The molecule has 0 aliphatic heterocycles. The van der Waals surface area contributed by atoms with Crippen molar-refractivity contribution in [2.45, 2.75) is 34.6 Å². The molecule has 0 spiro atoms. The van der Waals surface area contributed by atoms with Gasteiger partial charge in [-0.2, -0.15) is 0 Å². The zero-order valence-electron chi connectivity index (χ0n) is 14.0. The number of alkyl halides is 2. The van der Waals surface area contributed by atoms with Crippen LogP contribution in [0.5, 0.6) is 0 Å². The molecule has 0 heterocycles. The maximum Gasteiger partial charge on any atom is 0.302 e. The molecule has 6 heteroatoms. The third kappa shape index (κ3) is 97.0. The minimum atomic E-state index is -0.211. The van der Waals surface area contributed by atoms with Gasteiger partial charge in [-0.05, 0) is 27.7 Å². The van der Waals surface area contributed by atoms with E-state index in [0.717, 1.165) is 0 Å². The lowest BCUT2D eigenvalue weighted by Crippen LogP contribution is -1.95. The number of ether oxygens (including phenoxy) is 1. The van der Waals surface area contributed by atoms with Crippen molar-refractivity contribution in [3.63, 3.8) is 0 Å². The summed E-state index contributed by atoms with van der Waals surface area (Å²) in [7, 11) is 0. The van der Waals surface area contributed by atoms with Crippen LogP contribution in [-0.4, -0.2) is 35.4 Å². The van der Waals surface area contributed by atoms with Crippen LogP contribution in [0.3, 0.4) is 0 Å². The van der Waals surface area contributed by atoms with E-state index in [0.29, 0.717) is 6.61 Å². The van der Waals surface area contributed by atoms with Gasteiger partial charge in [-0.1, -0.05) is 36.4 Å². The Morgan fingerprint density at radius 2 is 1.09 bits per heavy atom. The molecule has 0 saturated heterocycles. The Hall–Kier alpha value is -1.10. The number of aliphatic hydroxyl groups is 1. The van der Waals surface area contributed by atoms with Crippen molar-refractivity contribution in [1.82, 2.24) is 0 Å². The molecule has 1 aromatic rings. The van der Waals surface area contributed by atoms with Crippen LogP contribution in [0, 0.1) is 0 Å². The molecule has 0 amide bonds. The van der Waals surface area contributed by atoms with E-state index in [4.69, 9.17) is 28.3 Å². The number of halogens is 2. The first-order chi connectivity index (χ1) is 10.3. The SMILES string of the molecule is CC(C)=O.CCO.CCOC(C)=O.ClCCl.c1ccccc1. The number of benzene rings is 1. The van der Waals surface area contributed by atoms with Gasteiger partial charge in [0.05, 0.1) is 11.9 Å². The second-order valence-corrected chi connectivity index (χ2v) is 4.21. The van der Waals surface area contributed by atoms with Crippen LogP contribution in [0.15, 0.2) is 36.4 Å². The average molecular weight is 355 g/mol. The second kappa shape index (κ2) is 32.0. The fourth-order valence-electron chi connectivity index (χ4n) is 0.588. The van der Waals surface area contributed by atoms with Gasteiger partial charge in [0.2, 0.25) is 0 Å². The molecule has 1 rings (SSSR count). The van der Waals surface area contributed by atoms with E-state index >= 15 is 0 Å². The molecule has 0 unspecified atom stereocenters. The van der Waals surface area contributed by atoms with Gasteiger partial charge in [-0.15, -0.1) is 23.2 Å².